The fraction of sp³-hybridized carbons (Fsp3) is 0.353. The van der Waals surface area contributed by atoms with Crippen LogP contribution in [0.3, 0.4) is 0 Å². The van der Waals surface area contributed by atoms with Crippen LogP contribution in [0.15, 0.2) is 36.5 Å². The van der Waals surface area contributed by atoms with Gasteiger partial charge in [-0.15, -0.1) is 0 Å². The molecule has 2 aromatic rings. The van der Waals surface area contributed by atoms with Crippen LogP contribution < -0.4 is 10.1 Å². The maximum atomic E-state index is 14.3. The molecule has 0 bridgehead atoms. The van der Waals surface area contributed by atoms with E-state index in [4.69, 9.17) is 4.74 Å². The van der Waals surface area contributed by atoms with Crippen LogP contribution in [-0.4, -0.2) is 11.5 Å². The summed E-state index contributed by atoms with van der Waals surface area (Å²) in [6.07, 6.45) is 1.56. The molecule has 0 saturated carbocycles. The van der Waals surface area contributed by atoms with Gasteiger partial charge in [0, 0.05) is 18.3 Å². The minimum Gasteiger partial charge on any atom is -0.436 e. The molecule has 1 aromatic carbocycles. The lowest BCUT2D eigenvalue weighted by atomic mass is 10.0. The second kappa shape index (κ2) is 7.18. The number of hydrogen-bond donors (Lipinski definition) is 1. The second-order valence-corrected chi connectivity index (χ2v) is 5.20. The van der Waals surface area contributed by atoms with Crippen LogP contribution in [-0.2, 0) is 6.54 Å². The van der Waals surface area contributed by atoms with Gasteiger partial charge in [0.2, 0.25) is 0 Å². The minimum atomic E-state index is -0.411. The molecule has 0 unspecified atom stereocenters. The summed E-state index contributed by atoms with van der Waals surface area (Å²) in [5, 5.41) is 3.09. The van der Waals surface area contributed by atoms with Crippen molar-refractivity contribution < 1.29 is 9.13 Å². The average molecular weight is 288 g/mol. The van der Waals surface area contributed by atoms with Crippen LogP contribution in [0.2, 0.25) is 0 Å². The number of aromatic nitrogens is 1. The topological polar surface area (TPSA) is 34.2 Å². The van der Waals surface area contributed by atoms with E-state index in [0.29, 0.717) is 23.8 Å². The normalized spacial score (nSPS) is 10.9. The summed E-state index contributed by atoms with van der Waals surface area (Å²) in [7, 11) is 0. The summed E-state index contributed by atoms with van der Waals surface area (Å²) >= 11 is 0. The van der Waals surface area contributed by atoms with Crippen LogP contribution in [0.4, 0.5) is 4.39 Å². The summed E-state index contributed by atoms with van der Waals surface area (Å²) in [5.74, 6) is 0.651. The van der Waals surface area contributed by atoms with Crippen molar-refractivity contribution in [2.24, 2.45) is 0 Å². The molecule has 0 amide bonds. The highest BCUT2D eigenvalue weighted by Crippen LogP contribution is 2.25. The quantitative estimate of drug-likeness (QED) is 0.863. The fourth-order valence-electron chi connectivity index (χ4n) is 1.96. The lowest BCUT2D eigenvalue weighted by Gasteiger charge is -2.10. The molecule has 0 aliphatic rings. The number of ether oxygens (including phenoxy) is 1. The maximum Gasteiger partial charge on any atom is 0.256 e. The summed E-state index contributed by atoms with van der Waals surface area (Å²) in [6, 6.07) is 9.31. The maximum absolute atomic E-state index is 14.3. The number of pyridine rings is 1. The van der Waals surface area contributed by atoms with Crippen LogP contribution in [0.25, 0.3) is 0 Å². The van der Waals surface area contributed by atoms with Crippen LogP contribution in [0.1, 0.15) is 37.8 Å². The van der Waals surface area contributed by atoms with Crippen molar-refractivity contribution >= 4 is 0 Å². The van der Waals surface area contributed by atoms with Crippen LogP contribution >= 0.6 is 0 Å². The van der Waals surface area contributed by atoms with Crippen molar-refractivity contribution in [2.75, 3.05) is 6.54 Å². The molecule has 0 aliphatic heterocycles. The largest absolute Gasteiger partial charge is 0.436 e. The summed E-state index contributed by atoms with van der Waals surface area (Å²) in [6.45, 7) is 7.48. The molecule has 0 saturated heterocycles. The molecule has 1 heterocycles. The van der Waals surface area contributed by atoms with E-state index in [9.17, 15) is 4.39 Å². The monoisotopic (exact) mass is 288 g/mol. The Kier molecular flexibility index (Phi) is 5.28. The van der Waals surface area contributed by atoms with Gasteiger partial charge < -0.3 is 10.1 Å². The molecule has 0 fully saturated rings. The molecule has 112 valence electrons. The number of benzene rings is 1. The Morgan fingerprint density at radius 2 is 1.90 bits per heavy atom. The lowest BCUT2D eigenvalue weighted by Crippen LogP contribution is -2.13. The Hall–Kier alpha value is -1.94. The molecule has 0 radical (unpaired) electrons. The van der Waals surface area contributed by atoms with E-state index in [1.54, 1.807) is 12.3 Å². The van der Waals surface area contributed by atoms with E-state index in [0.717, 1.165) is 6.54 Å². The van der Waals surface area contributed by atoms with E-state index in [-0.39, 0.29) is 5.88 Å². The van der Waals surface area contributed by atoms with Crippen LogP contribution in [0.5, 0.6) is 11.6 Å². The predicted molar refractivity (Wildman–Crippen MR) is 82.2 cm³/mol. The highest BCUT2D eigenvalue weighted by Gasteiger charge is 2.11. The van der Waals surface area contributed by atoms with Gasteiger partial charge in [0.25, 0.3) is 5.88 Å². The number of nitrogens with one attached hydrogen (secondary N) is 1. The molecule has 2 rings (SSSR count). The Morgan fingerprint density at radius 1 is 1.19 bits per heavy atom. The van der Waals surface area contributed by atoms with Crippen LogP contribution in [0, 0.1) is 5.82 Å². The standard InChI is InChI=1S/C17H21FN2O/c1-4-19-11-14-9-10-20-17(16(14)18)21-15-7-5-13(6-8-15)12(2)3/h5-10,12,19H,4,11H2,1-3H3. The molecule has 4 heteroatoms. The van der Waals surface area contributed by atoms with Gasteiger partial charge in [-0.3, -0.25) is 0 Å². The van der Waals surface area contributed by atoms with Gasteiger partial charge >= 0.3 is 0 Å². The fourth-order valence-corrected chi connectivity index (χ4v) is 1.96. The molecular formula is C17H21FN2O. The molecule has 1 N–H and O–H groups in total. The van der Waals surface area contributed by atoms with Crippen molar-refractivity contribution in [3.8, 4) is 11.6 Å². The van der Waals surface area contributed by atoms with Gasteiger partial charge in [0.15, 0.2) is 5.82 Å². The van der Waals surface area contributed by atoms with Gasteiger partial charge in [-0.2, -0.15) is 0 Å². The van der Waals surface area contributed by atoms with E-state index >= 15 is 0 Å². The Morgan fingerprint density at radius 3 is 2.52 bits per heavy atom. The van der Waals surface area contributed by atoms with E-state index in [1.807, 2.05) is 31.2 Å². The highest BCUT2D eigenvalue weighted by atomic mass is 19.1. The number of hydrogen-bond acceptors (Lipinski definition) is 3. The molecule has 21 heavy (non-hydrogen) atoms. The Balaban J connectivity index is 2.15. The first-order valence-electron chi connectivity index (χ1n) is 7.23. The zero-order valence-corrected chi connectivity index (χ0v) is 12.7. The SMILES string of the molecule is CCNCc1ccnc(Oc2ccc(C(C)C)cc2)c1F. The Labute approximate surface area is 125 Å². The third-order valence-corrected chi connectivity index (χ3v) is 3.26. The first-order valence-corrected chi connectivity index (χ1v) is 7.23. The molecule has 0 aliphatic carbocycles. The van der Waals surface area contributed by atoms with Gasteiger partial charge in [0.05, 0.1) is 0 Å². The predicted octanol–water partition coefficient (Wildman–Crippen LogP) is 4.25. The van der Waals surface area contributed by atoms with Crippen molar-refractivity contribution in [2.45, 2.75) is 33.2 Å². The van der Waals surface area contributed by atoms with E-state index in [2.05, 4.69) is 24.1 Å². The molecule has 0 spiro atoms. The Bertz CT molecular complexity index is 582. The summed E-state index contributed by atoms with van der Waals surface area (Å²) < 4.78 is 19.8. The van der Waals surface area contributed by atoms with E-state index in [1.165, 1.54) is 5.56 Å². The summed E-state index contributed by atoms with van der Waals surface area (Å²) in [5.41, 5.74) is 1.78. The van der Waals surface area contributed by atoms with Gasteiger partial charge in [-0.1, -0.05) is 32.9 Å². The summed E-state index contributed by atoms with van der Waals surface area (Å²) in [4.78, 5) is 3.97. The highest BCUT2D eigenvalue weighted by molar-refractivity contribution is 5.33. The van der Waals surface area contributed by atoms with E-state index < -0.39 is 5.82 Å². The first kappa shape index (κ1) is 15.4. The third-order valence-electron chi connectivity index (χ3n) is 3.26. The van der Waals surface area contributed by atoms with Gasteiger partial charge in [-0.25, -0.2) is 9.37 Å². The lowest BCUT2D eigenvalue weighted by molar-refractivity contribution is 0.417. The smallest absolute Gasteiger partial charge is 0.256 e. The third kappa shape index (κ3) is 4.02. The minimum absolute atomic E-state index is 0.0164. The van der Waals surface area contributed by atoms with Crippen molar-refractivity contribution in [3.05, 3.63) is 53.5 Å². The molecule has 3 nitrogen and oxygen atoms in total. The second-order valence-electron chi connectivity index (χ2n) is 5.20. The number of halogens is 1. The molecular weight excluding hydrogens is 267 g/mol. The van der Waals surface area contributed by atoms with Gasteiger partial charge in [0.1, 0.15) is 5.75 Å². The average Bonchev–Trinajstić information content (AvgIpc) is 2.49. The number of rotatable bonds is 6. The van der Waals surface area contributed by atoms with Crippen molar-refractivity contribution in [1.29, 1.82) is 0 Å². The number of nitrogens with zero attached hydrogens (tertiary/aromatic N) is 1. The molecule has 0 atom stereocenters. The molecule has 1 aromatic heterocycles. The zero-order valence-electron chi connectivity index (χ0n) is 12.7. The van der Waals surface area contributed by atoms with Gasteiger partial charge in [-0.05, 0) is 36.2 Å². The van der Waals surface area contributed by atoms with Crippen molar-refractivity contribution in [1.82, 2.24) is 10.3 Å². The first-order chi connectivity index (χ1) is 10.1. The van der Waals surface area contributed by atoms with Crippen molar-refractivity contribution in [3.63, 3.8) is 0 Å². The zero-order chi connectivity index (χ0) is 15.2.